The molecule has 1 aromatic carbocycles. The second-order valence-corrected chi connectivity index (χ2v) is 6.29. The van der Waals surface area contributed by atoms with Crippen LogP contribution in [-0.2, 0) is 6.54 Å². The molecule has 1 aromatic heterocycles. The fraction of sp³-hybridized carbons (Fsp3) is 0.471. The first-order valence-corrected chi connectivity index (χ1v) is 8.39. The molecule has 0 radical (unpaired) electrons. The molecule has 0 aliphatic rings. The number of hydrogen-bond acceptors (Lipinski definition) is 2. The van der Waals surface area contributed by atoms with Gasteiger partial charge in [0, 0.05) is 6.54 Å². The van der Waals surface area contributed by atoms with Gasteiger partial charge >= 0.3 is 0 Å². The van der Waals surface area contributed by atoms with Gasteiger partial charge in [0.05, 0.1) is 22.4 Å². The van der Waals surface area contributed by atoms with E-state index < -0.39 is 0 Å². The van der Waals surface area contributed by atoms with Gasteiger partial charge in [-0.2, -0.15) is 5.10 Å². The lowest BCUT2D eigenvalue weighted by Gasteiger charge is -2.21. The largest absolute Gasteiger partial charge is 0.305 e. The molecular formula is C17H24BrN3. The fourth-order valence-electron chi connectivity index (χ4n) is 2.57. The number of nitrogens with one attached hydrogen (secondary N) is 1. The number of nitrogens with zero attached hydrogens (tertiary/aromatic N) is 2. The van der Waals surface area contributed by atoms with Gasteiger partial charge in [-0.25, -0.2) is 0 Å². The number of aromatic nitrogens is 2. The molecule has 2 aromatic rings. The van der Waals surface area contributed by atoms with E-state index in [0.717, 1.165) is 24.0 Å². The molecule has 21 heavy (non-hydrogen) atoms. The number of halogens is 1. The Labute approximate surface area is 135 Å². The molecular weight excluding hydrogens is 326 g/mol. The summed E-state index contributed by atoms with van der Waals surface area (Å²) in [5, 5.41) is 8.10. The van der Waals surface area contributed by atoms with Gasteiger partial charge in [-0.1, -0.05) is 32.0 Å². The van der Waals surface area contributed by atoms with Crippen molar-refractivity contribution in [2.75, 3.05) is 6.54 Å². The lowest BCUT2D eigenvalue weighted by Crippen LogP contribution is -2.25. The summed E-state index contributed by atoms with van der Waals surface area (Å²) < 4.78 is 3.17. The van der Waals surface area contributed by atoms with Crippen molar-refractivity contribution in [3.63, 3.8) is 0 Å². The van der Waals surface area contributed by atoms with Crippen LogP contribution in [0.2, 0.25) is 0 Å². The van der Waals surface area contributed by atoms with Crippen LogP contribution in [0, 0.1) is 13.8 Å². The summed E-state index contributed by atoms with van der Waals surface area (Å²) in [6.45, 7) is 10.5. The summed E-state index contributed by atoms with van der Waals surface area (Å²) >= 11 is 3.66. The molecule has 0 spiro atoms. The topological polar surface area (TPSA) is 29.9 Å². The van der Waals surface area contributed by atoms with Crippen molar-refractivity contribution in [2.45, 2.75) is 46.7 Å². The molecule has 0 saturated heterocycles. The molecule has 1 heterocycles. The van der Waals surface area contributed by atoms with Crippen molar-refractivity contribution in [3.8, 4) is 0 Å². The summed E-state index contributed by atoms with van der Waals surface area (Å²) in [5.41, 5.74) is 5.16. The van der Waals surface area contributed by atoms with Crippen LogP contribution in [0.4, 0.5) is 0 Å². The minimum atomic E-state index is 0.165. The molecule has 0 saturated carbocycles. The van der Waals surface area contributed by atoms with Crippen LogP contribution in [0.15, 0.2) is 28.9 Å². The van der Waals surface area contributed by atoms with Gasteiger partial charge < -0.3 is 5.32 Å². The van der Waals surface area contributed by atoms with E-state index >= 15 is 0 Å². The van der Waals surface area contributed by atoms with Gasteiger partial charge in [-0.15, -0.1) is 0 Å². The summed E-state index contributed by atoms with van der Waals surface area (Å²) in [4.78, 5) is 0. The Bertz CT molecular complexity index is 604. The minimum Gasteiger partial charge on any atom is -0.305 e. The first-order valence-electron chi connectivity index (χ1n) is 7.60. The first-order chi connectivity index (χ1) is 10.1. The van der Waals surface area contributed by atoms with Crippen molar-refractivity contribution >= 4 is 15.9 Å². The molecule has 2 rings (SSSR count). The van der Waals surface area contributed by atoms with E-state index in [4.69, 9.17) is 0 Å². The van der Waals surface area contributed by atoms with Crippen LogP contribution >= 0.6 is 15.9 Å². The maximum atomic E-state index is 4.50. The third-order valence-corrected chi connectivity index (χ3v) is 4.43. The molecule has 0 fully saturated rings. The van der Waals surface area contributed by atoms with Crippen molar-refractivity contribution in [1.82, 2.24) is 15.1 Å². The highest BCUT2D eigenvalue weighted by molar-refractivity contribution is 9.10. The summed E-state index contributed by atoms with van der Waals surface area (Å²) in [6.07, 6.45) is 2.98. The van der Waals surface area contributed by atoms with Crippen molar-refractivity contribution in [1.29, 1.82) is 0 Å². The average molecular weight is 350 g/mol. The van der Waals surface area contributed by atoms with E-state index in [1.54, 1.807) is 0 Å². The van der Waals surface area contributed by atoms with Crippen molar-refractivity contribution < 1.29 is 0 Å². The third kappa shape index (κ3) is 3.55. The molecule has 0 amide bonds. The van der Waals surface area contributed by atoms with Gasteiger partial charge in [0.2, 0.25) is 0 Å². The second kappa shape index (κ2) is 7.23. The van der Waals surface area contributed by atoms with E-state index in [0.29, 0.717) is 0 Å². The number of hydrogen-bond donors (Lipinski definition) is 1. The molecule has 1 unspecified atom stereocenters. The molecule has 0 aliphatic carbocycles. The lowest BCUT2D eigenvalue weighted by atomic mass is 9.98. The number of benzene rings is 1. The summed E-state index contributed by atoms with van der Waals surface area (Å²) in [6, 6.07) is 6.85. The fourth-order valence-corrected chi connectivity index (χ4v) is 3.09. The zero-order valence-corrected chi connectivity index (χ0v) is 14.9. The van der Waals surface area contributed by atoms with Gasteiger partial charge in [0.25, 0.3) is 0 Å². The predicted molar refractivity (Wildman–Crippen MR) is 91.7 cm³/mol. The highest BCUT2D eigenvalue weighted by Gasteiger charge is 2.21. The maximum absolute atomic E-state index is 4.50. The Morgan fingerprint density at radius 2 is 2.00 bits per heavy atom. The Hall–Kier alpha value is -1.13. The van der Waals surface area contributed by atoms with Crippen LogP contribution in [0.25, 0.3) is 0 Å². The predicted octanol–water partition coefficient (Wildman–Crippen LogP) is 4.37. The van der Waals surface area contributed by atoms with Crippen molar-refractivity contribution in [3.05, 3.63) is 51.3 Å². The van der Waals surface area contributed by atoms with E-state index in [2.05, 4.69) is 76.9 Å². The normalized spacial score (nSPS) is 12.6. The number of rotatable bonds is 6. The van der Waals surface area contributed by atoms with Gasteiger partial charge in [-0.05, 0) is 59.4 Å². The SMILES string of the molecule is CCCn1ncc(Br)c1C(NCC)c1ccc(C)c(C)c1. The smallest absolute Gasteiger partial charge is 0.0759 e. The maximum Gasteiger partial charge on any atom is 0.0759 e. The molecule has 1 atom stereocenters. The molecule has 0 bridgehead atoms. The highest BCUT2D eigenvalue weighted by atomic mass is 79.9. The van der Waals surface area contributed by atoms with Crippen LogP contribution in [-0.4, -0.2) is 16.3 Å². The lowest BCUT2D eigenvalue weighted by molar-refractivity contribution is 0.519. The van der Waals surface area contributed by atoms with E-state index in [9.17, 15) is 0 Å². The summed E-state index contributed by atoms with van der Waals surface area (Å²) in [7, 11) is 0. The van der Waals surface area contributed by atoms with Crippen LogP contribution in [0.3, 0.4) is 0 Å². The van der Waals surface area contributed by atoms with Crippen molar-refractivity contribution in [2.24, 2.45) is 0 Å². The van der Waals surface area contributed by atoms with Crippen LogP contribution < -0.4 is 5.32 Å². The molecule has 1 N–H and O–H groups in total. The van der Waals surface area contributed by atoms with Crippen LogP contribution in [0.5, 0.6) is 0 Å². The quantitative estimate of drug-likeness (QED) is 0.838. The van der Waals surface area contributed by atoms with Crippen LogP contribution in [0.1, 0.15) is 48.7 Å². The molecule has 4 heteroatoms. The van der Waals surface area contributed by atoms with Gasteiger partial charge in [0.15, 0.2) is 0 Å². The van der Waals surface area contributed by atoms with E-state index in [-0.39, 0.29) is 6.04 Å². The Morgan fingerprint density at radius 3 is 2.62 bits per heavy atom. The zero-order valence-electron chi connectivity index (χ0n) is 13.3. The van der Waals surface area contributed by atoms with E-state index in [1.165, 1.54) is 22.4 Å². The Kier molecular flexibility index (Phi) is 5.59. The molecule has 3 nitrogen and oxygen atoms in total. The number of aryl methyl sites for hydroxylation is 3. The third-order valence-electron chi connectivity index (χ3n) is 3.81. The highest BCUT2D eigenvalue weighted by Crippen LogP contribution is 2.29. The van der Waals surface area contributed by atoms with Gasteiger partial charge in [-0.3, -0.25) is 4.68 Å². The first kappa shape index (κ1) is 16.2. The minimum absolute atomic E-state index is 0.165. The average Bonchev–Trinajstić information content (AvgIpc) is 2.81. The summed E-state index contributed by atoms with van der Waals surface area (Å²) in [5.74, 6) is 0. The zero-order chi connectivity index (χ0) is 15.4. The Balaban J connectivity index is 2.47. The standard InChI is InChI=1S/C17H24BrN3/c1-5-9-21-17(15(18)11-20-21)16(19-6-2)14-8-7-12(3)13(4)10-14/h7-8,10-11,16,19H,5-6,9H2,1-4H3. The molecule has 0 aliphatic heterocycles. The second-order valence-electron chi connectivity index (χ2n) is 5.44. The Morgan fingerprint density at radius 1 is 1.24 bits per heavy atom. The monoisotopic (exact) mass is 349 g/mol. The van der Waals surface area contributed by atoms with E-state index in [1.807, 2.05) is 6.20 Å². The van der Waals surface area contributed by atoms with Gasteiger partial charge in [0.1, 0.15) is 0 Å². The molecule has 114 valence electrons.